The molecule has 4 nitrogen and oxygen atoms in total. The zero-order valence-corrected chi connectivity index (χ0v) is 13.6. The topological polar surface area (TPSA) is 41.6 Å². The van der Waals surface area contributed by atoms with Crippen molar-refractivity contribution in [2.24, 2.45) is 0 Å². The van der Waals surface area contributed by atoms with Crippen LogP contribution in [0.3, 0.4) is 0 Å². The van der Waals surface area contributed by atoms with Crippen molar-refractivity contribution in [3.05, 3.63) is 24.3 Å². The predicted molar refractivity (Wildman–Crippen MR) is 86.8 cm³/mol. The van der Waals surface area contributed by atoms with Gasteiger partial charge in [-0.05, 0) is 46.2 Å². The molecule has 0 bridgehead atoms. The van der Waals surface area contributed by atoms with E-state index in [4.69, 9.17) is 4.74 Å². The number of para-hydroxylation sites is 2. The van der Waals surface area contributed by atoms with Crippen molar-refractivity contribution in [2.45, 2.75) is 58.7 Å². The summed E-state index contributed by atoms with van der Waals surface area (Å²) in [6.45, 7) is 10.9. The predicted octanol–water partition coefficient (Wildman–Crippen LogP) is 3.43. The van der Waals surface area contributed by atoms with E-state index in [0.29, 0.717) is 0 Å². The average Bonchev–Trinajstić information content (AvgIpc) is 2.37. The summed E-state index contributed by atoms with van der Waals surface area (Å²) in [4.78, 5) is 14.6. The van der Waals surface area contributed by atoms with Crippen molar-refractivity contribution in [3.63, 3.8) is 0 Å². The standard InChI is InChI=1S/C17H26N2O2/c1-6-14(16(20)21-12(2)3)19-11-17(4,5)18-13-9-7-8-10-15(13)19/h7-10,12,14,18H,6,11H2,1-5H3. The van der Waals surface area contributed by atoms with Crippen LogP contribution < -0.4 is 10.2 Å². The van der Waals surface area contributed by atoms with Crippen LogP contribution >= 0.6 is 0 Å². The Hall–Kier alpha value is -1.71. The van der Waals surface area contributed by atoms with Crippen LogP contribution in [0.15, 0.2) is 24.3 Å². The van der Waals surface area contributed by atoms with E-state index in [0.717, 1.165) is 24.3 Å². The van der Waals surface area contributed by atoms with Gasteiger partial charge in [-0.25, -0.2) is 4.79 Å². The number of hydrogen-bond donors (Lipinski definition) is 1. The van der Waals surface area contributed by atoms with Gasteiger partial charge < -0.3 is 15.0 Å². The molecule has 0 spiro atoms. The molecule has 2 rings (SSSR count). The Balaban J connectivity index is 2.34. The van der Waals surface area contributed by atoms with Gasteiger partial charge in [0.25, 0.3) is 0 Å². The smallest absolute Gasteiger partial charge is 0.329 e. The van der Waals surface area contributed by atoms with Gasteiger partial charge in [-0.15, -0.1) is 0 Å². The molecule has 1 N–H and O–H groups in total. The van der Waals surface area contributed by atoms with Crippen LogP contribution in [0.5, 0.6) is 0 Å². The molecule has 0 aliphatic carbocycles. The molecule has 1 aromatic rings. The van der Waals surface area contributed by atoms with E-state index in [1.54, 1.807) is 0 Å². The van der Waals surface area contributed by atoms with E-state index >= 15 is 0 Å². The van der Waals surface area contributed by atoms with Gasteiger partial charge in [0.15, 0.2) is 0 Å². The quantitative estimate of drug-likeness (QED) is 0.863. The highest BCUT2D eigenvalue weighted by molar-refractivity contribution is 5.84. The minimum Gasteiger partial charge on any atom is -0.461 e. The van der Waals surface area contributed by atoms with Gasteiger partial charge >= 0.3 is 5.97 Å². The highest BCUT2D eigenvalue weighted by atomic mass is 16.5. The number of ether oxygens (including phenoxy) is 1. The summed E-state index contributed by atoms with van der Waals surface area (Å²) in [7, 11) is 0. The fraction of sp³-hybridized carbons (Fsp3) is 0.588. The van der Waals surface area contributed by atoms with Gasteiger partial charge in [-0.3, -0.25) is 0 Å². The minimum atomic E-state index is -0.241. The largest absolute Gasteiger partial charge is 0.461 e. The number of carbonyl (C=O) groups is 1. The van der Waals surface area contributed by atoms with Crippen LogP contribution in [0, 0.1) is 0 Å². The molecule has 1 aromatic carbocycles. The van der Waals surface area contributed by atoms with Crippen molar-refractivity contribution in [1.82, 2.24) is 0 Å². The molecule has 1 aliphatic rings. The van der Waals surface area contributed by atoms with E-state index < -0.39 is 0 Å². The van der Waals surface area contributed by atoms with E-state index in [9.17, 15) is 4.79 Å². The lowest BCUT2D eigenvalue weighted by molar-refractivity contribution is -0.149. The first kappa shape index (κ1) is 15.7. The molecule has 1 unspecified atom stereocenters. The molecular formula is C17H26N2O2. The first-order chi connectivity index (χ1) is 9.84. The van der Waals surface area contributed by atoms with Gasteiger partial charge in [-0.1, -0.05) is 19.1 Å². The number of benzene rings is 1. The minimum absolute atomic E-state index is 0.0834. The Bertz CT molecular complexity index is 511. The fourth-order valence-electron chi connectivity index (χ4n) is 2.85. The monoisotopic (exact) mass is 290 g/mol. The second-order valence-corrected chi connectivity index (χ2v) is 6.56. The first-order valence-electron chi connectivity index (χ1n) is 7.68. The van der Waals surface area contributed by atoms with Crippen LogP contribution in [-0.4, -0.2) is 30.2 Å². The van der Waals surface area contributed by atoms with E-state index in [1.165, 1.54) is 0 Å². The van der Waals surface area contributed by atoms with Crippen LogP contribution in [0.1, 0.15) is 41.0 Å². The second-order valence-electron chi connectivity index (χ2n) is 6.56. The van der Waals surface area contributed by atoms with E-state index in [1.807, 2.05) is 32.9 Å². The summed E-state index contributed by atoms with van der Waals surface area (Å²) in [5.74, 6) is -0.139. The summed E-state index contributed by atoms with van der Waals surface area (Å²) in [6.07, 6.45) is 0.647. The molecule has 116 valence electrons. The molecule has 1 heterocycles. The lowest BCUT2D eigenvalue weighted by Gasteiger charge is -2.44. The van der Waals surface area contributed by atoms with Crippen molar-refractivity contribution < 1.29 is 9.53 Å². The number of nitrogens with one attached hydrogen (secondary N) is 1. The Morgan fingerprint density at radius 3 is 2.67 bits per heavy atom. The Labute approximate surface area is 127 Å². The molecule has 21 heavy (non-hydrogen) atoms. The number of hydrogen-bond acceptors (Lipinski definition) is 4. The fourth-order valence-corrected chi connectivity index (χ4v) is 2.85. The van der Waals surface area contributed by atoms with Gasteiger partial charge in [0.05, 0.1) is 17.5 Å². The molecule has 0 amide bonds. The molecule has 0 aromatic heterocycles. The lowest BCUT2D eigenvalue weighted by atomic mass is 9.97. The van der Waals surface area contributed by atoms with Gasteiger partial charge in [0.2, 0.25) is 0 Å². The lowest BCUT2D eigenvalue weighted by Crippen LogP contribution is -2.54. The summed E-state index contributed by atoms with van der Waals surface area (Å²) in [5.41, 5.74) is 2.06. The zero-order valence-electron chi connectivity index (χ0n) is 13.6. The second kappa shape index (κ2) is 5.96. The van der Waals surface area contributed by atoms with Gasteiger partial charge in [0, 0.05) is 12.1 Å². The van der Waals surface area contributed by atoms with Crippen LogP contribution in [0.2, 0.25) is 0 Å². The molecule has 0 radical (unpaired) electrons. The highest BCUT2D eigenvalue weighted by Crippen LogP contribution is 2.36. The van der Waals surface area contributed by atoms with Crippen molar-refractivity contribution in [1.29, 1.82) is 0 Å². The molecular weight excluding hydrogens is 264 g/mol. The van der Waals surface area contributed by atoms with Gasteiger partial charge in [0.1, 0.15) is 6.04 Å². The Morgan fingerprint density at radius 1 is 1.38 bits per heavy atom. The maximum absolute atomic E-state index is 12.4. The zero-order chi connectivity index (χ0) is 15.6. The SMILES string of the molecule is CCC(C(=O)OC(C)C)N1CC(C)(C)Nc2ccccc21. The van der Waals surface area contributed by atoms with Gasteiger partial charge in [-0.2, -0.15) is 0 Å². The number of anilines is 2. The van der Waals surface area contributed by atoms with Crippen LogP contribution in [0.4, 0.5) is 11.4 Å². The van der Waals surface area contributed by atoms with Crippen LogP contribution in [0.25, 0.3) is 0 Å². The highest BCUT2D eigenvalue weighted by Gasteiger charge is 2.36. The third kappa shape index (κ3) is 3.49. The Morgan fingerprint density at radius 2 is 2.05 bits per heavy atom. The number of esters is 1. The third-order valence-corrected chi connectivity index (χ3v) is 3.64. The summed E-state index contributed by atoms with van der Waals surface area (Å²) in [6, 6.07) is 7.90. The summed E-state index contributed by atoms with van der Waals surface area (Å²) < 4.78 is 5.44. The Kier molecular flexibility index (Phi) is 4.45. The first-order valence-corrected chi connectivity index (χ1v) is 7.68. The van der Waals surface area contributed by atoms with E-state index in [-0.39, 0.29) is 23.7 Å². The maximum Gasteiger partial charge on any atom is 0.329 e. The third-order valence-electron chi connectivity index (χ3n) is 3.64. The van der Waals surface area contributed by atoms with Crippen LogP contribution in [-0.2, 0) is 9.53 Å². The molecule has 0 fully saturated rings. The number of nitrogens with zero attached hydrogens (tertiary/aromatic N) is 1. The molecule has 0 saturated carbocycles. The summed E-state index contributed by atoms with van der Waals surface area (Å²) in [5, 5.41) is 3.53. The van der Waals surface area contributed by atoms with Crippen molar-refractivity contribution in [3.8, 4) is 0 Å². The number of rotatable bonds is 4. The normalized spacial score (nSPS) is 17.9. The maximum atomic E-state index is 12.4. The molecule has 1 aliphatic heterocycles. The van der Waals surface area contributed by atoms with E-state index in [2.05, 4.69) is 36.2 Å². The number of fused-ring (bicyclic) bond motifs is 1. The molecule has 1 atom stereocenters. The number of carbonyl (C=O) groups excluding carboxylic acids is 1. The molecule has 0 saturated heterocycles. The van der Waals surface area contributed by atoms with Crippen molar-refractivity contribution >= 4 is 17.3 Å². The average molecular weight is 290 g/mol. The molecule has 4 heteroatoms. The van der Waals surface area contributed by atoms with Crippen molar-refractivity contribution in [2.75, 3.05) is 16.8 Å². The summed E-state index contributed by atoms with van der Waals surface area (Å²) >= 11 is 0.